The largest absolute Gasteiger partial charge is 0.455 e. The van der Waals surface area contributed by atoms with E-state index in [1.54, 1.807) is 12.1 Å². The molecule has 0 atom stereocenters. The quantitative estimate of drug-likeness (QED) is 0.530. The lowest BCUT2D eigenvalue weighted by Gasteiger charge is -2.22. The number of benzene rings is 1. The number of rotatable bonds is 8. The van der Waals surface area contributed by atoms with Gasteiger partial charge >= 0.3 is 12.0 Å². The molecule has 30 heavy (non-hydrogen) atoms. The summed E-state index contributed by atoms with van der Waals surface area (Å²) in [5, 5.41) is 5.72. The molecule has 1 fully saturated rings. The van der Waals surface area contributed by atoms with Crippen LogP contribution in [0.3, 0.4) is 0 Å². The molecule has 10 heteroatoms. The first-order valence-electron chi connectivity index (χ1n) is 9.74. The Morgan fingerprint density at radius 2 is 1.77 bits per heavy atom. The Hall–Kier alpha value is -2.72. The molecule has 0 unspecified atom stereocenters. The molecular weight excluding hydrogens is 410 g/mol. The highest BCUT2D eigenvalue weighted by Crippen LogP contribution is 2.17. The monoisotopic (exact) mass is 437 g/mol. The number of carbonyl (C=O) groups excluding carboxylic acids is 3. The minimum atomic E-state index is -3.86. The first-order valence-corrected chi connectivity index (χ1v) is 11.3. The second-order valence-electron chi connectivity index (χ2n) is 7.10. The van der Waals surface area contributed by atoms with Crippen molar-refractivity contribution in [2.24, 2.45) is 0 Å². The Labute approximate surface area is 176 Å². The number of esters is 1. The minimum Gasteiger partial charge on any atom is -0.455 e. The van der Waals surface area contributed by atoms with Crippen molar-refractivity contribution in [1.29, 1.82) is 0 Å². The van der Waals surface area contributed by atoms with E-state index in [4.69, 9.17) is 0 Å². The van der Waals surface area contributed by atoms with Crippen LogP contribution in [0.25, 0.3) is 6.08 Å². The lowest BCUT2D eigenvalue weighted by molar-refractivity contribution is -0.147. The molecule has 3 N–H and O–H groups in total. The van der Waals surface area contributed by atoms with Gasteiger partial charge in [0, 0.05) is 11.4 Å². The molecule has 0 spiro atoms. The van der Waals surface area contributed by atoms with Gasteiger partial charge in [-0.25, -0.2) is 17.9 Å². The molecule has 0 radical (unpaired) electrons. The van der Waals surface area contributed by atoms with E-state index >= 15 is 0 Å². The summed E-state index contributed by atoms with van der Waals surface area (Å²) in [5.74, 6) is -1.73. The van der Waals surface area contributed by atoms with E-state index in [1.165, 1.54) is 6.08 Å². The molecule has 1 aliphatic carbocycles. The molecule has 1 aromatic rings. The summed E-state index contributed by atoms with van der Waals surface area (Å²) in [6.07, 6.45) is 6.34. The summed E-state index contributed by atoms with van der Waals surface area (Å²) in [4.78, 5) is 35.1. The third-order valence-corrected chi connectivity index (χ3v) is 5.53. The van der Waals surface area contributed by atoms with Gasteiger partial charge < -0.3 is 10.1 Å². The summed E-state index contributed by atoms with van der Waals surface area (Å²) in [6, 6.07) is 6.62. The molecule has 2 rings (SSSR count). The predicted molar refractivity (Wildman–Crippen MR) is 112 cm³/mol. The Bertz CT molecular complexity index is 874. The van der Waals surface area contributed by atoms with Crippen molar-refractivity contribution in [3.05, 3.63) is 40.8 Å². The van der Waals surface area contributed by atoms with E-state index in [0.29, 0.717) is 5.56 Å². The van der Waals surface area contributed by atoms with Crippen LogP contribution in [0.4, 0.5) is 4.79 Å². The lowest BCUT2D eigenvalue weighted by Crippen LogP contribution is -2.46. The van der Waals surface area contributed by atoms with Crippen LogP contribution >= 0.6 is 0 Å². The van der Waals surface area contributed by atoms with Crippen molar-refractivity contribution in [2.45, 2.75) is 45.1 Å². The number of amides is 3. The standard InChI is InChI=1S/C20H27N3O6S/c1-15-7-9-16(10-8-15)11-12-30(27,28)21-13-19(25)29-14-18(24)23-20(26)22-17-5-3-2-4-6-17/h7-12,17,21H,2-6,13-14H2,1H3,(H2,22,23,24,26). The maximum absolute atomic E-state index is 11.9. The van der Waals surface area contributed by atoms with E-state index in [1.807, 2.05) is 19.1 Å². The van der Waals surface area contributed by atoms with E-state index in [2.05, 4.69) is 20.1 Å². The van der Waals surface area contributed by atoms with Crippen molar-refractivity contribution in [1.82, 2.24) is 15.4 Å². The fourth-order valence-corrected chi connectivity index (χ4v) is 3.63. The van der Waals surface area contributed by atoms with Crippen molar-refractivity contribution in [3.8, 4) is 0 Å². The molecule has 1 saturated carbocycles. The molecule has 1 aromatic carbocycles. The van der Waals surface area contributed by atoms with Gasteiger partial charge in [0.2, 0.25) is 10.0 Å². The van der Waals surface area contributed by atoms with Crippen LogP contribution in [-0.2, 0) is 24.3 Å². The van der Waals surface area contributed by atoms with Crippen molar-refractivity contribution in [2.75, 3.05) is 13.2 Å². The van der Waals surface area contributed by atoms with Crippen molar-refractivity contribution in [3.63, 3.8) is 0 Å². The van der Waals surface area contributed by atoms with Crippen molar-refractivity contribution >= 4 is 34.0 Å². The van der Waals surface area contributed by atoms with Crippen LogP contribution in [0.15, 0.2) is 29.7 Å². The number of sulfonamides is 1. The Balaban J connectivity index is 1.67. The first kappa shape index (κ1) is 23.6. The molecule has 0 bridgehead atoms. The molecule has 164 valence electrons. The van der Waals surface area contributed by atoms with Gasteiger partial charge in [0.25, 0.3) is 5.91 Å². The number of hydrogen-bond donors (Lipinski definition) is 3. The SMILES string of the molecule is Cc1ccc(C=CS(=O)(=O)NCC(=O)OCC(=O)NC(=O)NC2CCCCC2)cc1. The second-order valence-corrected chi connectivity index (χ2v) is 8.75. The van der Waals surface area contributed by atoms with Gasteiger partial charge in [-0.3, -0.25) is 14.9 Å². The first-order chi connectivity index (χ1) is 14.2. The number of ether oxygens (including phenoxy) is 1. The number of aryl methyl sites for hydroxylation is 1. The summed E-state index contributed by atoms with van der Waals surface area (Å²) < 4.78 is 30.6. The normalized spacial score (nSPS) is 15.0. The fourth-order valence-electron chi connectivity index (χ4n) is 2.88. The van der Waals surface area contributed by atoms with Crippen LogP contribution in [0, 0.1) is 6.92 Å². The molecule has 0 aromatic heterocycles. The molecule has 0 saturated heterocycles. The maximum Gasteiger partial charge on any atom is 0.321 e. The van der Waals surface area contributed by atoms with Crippen LogP contribution in [0.2, 0.25) is 0 Å². The van der Waals surface area contributed by atoms with E-state index in [9.17, 15) is 22.8 Å². The minimum absolute atomic E-state index is 0.0384. The topological polar surface area (TPSA) is 131 Å². The van der Waals surface area contributed by atoms with Gasteiger partial charge in [0.1, 0.15) is 6.54 Å². The third-order valence-electron chi connectivity index (χ3n) is 4.49. The molecule has 3 amide bonds. The van der Waals surface area contributed by atoms with Gasteiger partial charge in [-0.1, -0.05) is 49.1 Å². The van der Waals surface area contributed by atoms with E-state index in [-0.39, 0.29) is 6.04 Å². The highest BCUT2D eigenvalue weighted by molar-refractivity contribution is 7.92. The van der Waals surface area contributed by atoms with Gasteiger partial charge in [0.05, 0.1) is 0 Å². The number of urea groups is 1. The van der Waals surface area contributed by atoms with Gasteiger partial charge in [-0.05, 0) is 31.4 Å². The molecule has 9 nitrogen and oxygen atoms in total. The summed E-state index contributed by atoms with van der Waals surface area (Å²) in [7, 11) is -3.86. The zero-order chi connectivity index (χ0) is 22.0. The van der Waals surface area contributed by atoms with Gasteiger partial charge in [-0.2, -0.15) is 0 Å². The molecule has 0 aliphatic heterocycles. The summed E-state index contributed by atoms with van der Waals surface area (Å²) >= 11 is 0. The van der Waals surface area contributed by atoms with E-state index in [0.717, 1.165) is 43.1 Å². The summed E-state index contributed by atoms with van der Waals surface area (Å²) in [5.41, 5.74) is 1.74. The summed E-state index contributed by atoms with van der Waals surface area (Å²) in [6.45, 7) is 0.598. The van der Waals surface area contributed by atoms with Crippen LogP contribution in [0.5, 0.6) is 0 Å². The Kier molecular flexibility index (Phi) is 9.00. The third kappa shape index (κ3) is 9.19. The average molecular weight is 438 g/mol. The number of carbonyl (C=O) groups is 3. The fraction of sp³-hybridized carbons (Fsp3) is 0.450. The Morgan fingerprint density at radius 1 is 1.10 bits per heavy atom. The molecule has 0 heterocycles. The Morgan fingerprint density at radius 3 is 2.43 bits per heavy atom. The molecular formula is C20H27N3O6S. The highest BCUT2D eigenvalue weighted by atomic mass is 32.2. The van der Waals surface area contributed by atoms with Crippen LogP contribution in [-0.4, -0.2) is 45.5 Å². The van der Waals surface area contributed by atoms with Crippen molar-refractivity contribution < 1.29 is 27.5 Å². The predicted octanol–water partition coefficient (Wildman–Crippen LogP) is 1.59. The van der Waals surface area contributed by atoms with Crippen LogP contribution in [0.1, 0.15) is 43.2 Å². The number of imide groups is 1. The van der Waals surface area contributed by atoms with Crippen LogP contribution < -0.4 is 15.4 Å². The zero-order valence-electron chi connectivity index (χ0n) is 16.8. The number of nitrogens with one attached hydrogen (secondary N) is 3. The van der Waals surface area contributed by atoms with Gasteiger partial charge in [-0.15, -0.1) is 0 Å². The van der Waals surface area contributed by atoms with Gasteiger partial charge in [0.15, 0.2) is 6.61 Å². The molecule has 1 aliphatic rings. The maximum atomic E-state index is 11.9. The average Bonchev–Trinajstić information content (AvgIpc) is 2.71. The zero-order valence-corrected chi connectivity index (χ0v) is 17.7. The highest BCUT2D eigenvalue weighted by Gasteiger charge is 2.18. The lowest BCUT2D eigenvalue weighted by atomic mass is 9.96. The number of hydrogen-bond acceptors (Lipinski definition) is 6. The smallest absolute Gasteiger partial charge is 0.321 e. The second kappa shape index (κ2) is 11.5. The van der Waals surface area contributed by atoms with E-state index < -0.39 is 41.1 Å².